The van der Waals surface area contributed by atoms with Gasteiger partial charge in [0.05, 0.1) is 12.9 Å². The van der Waals surface area contributed by atoms with Gasteiger partial charge in [-0.2, -0.15) is 0 Å². The fourth-order valence-corrected chi connectivity index (χ4v) is 5.49. The van der Waals surface area contributed by atoms with Crippen molar-refractivity contribution in [3.05, 3.63) is 76.7 Å². The maximum absolute atomic E-state index is 14.0. The number of esters is 1. The van der Waals surface area contributed by atoms with E-state index in [-0.39, 0.29) is 17.1 Å². The maximum Gasteiger partial charge on any atom is 0.341 e. The molecule has 2 heterocycles. The van der Waals surface area contributed by atoms with Gasteiger partial charge < -0.3 is 19.4 Å². The van der Waals surface area contributed by atoms with Gasteiger partial charge in [0.2, 0.25) is 5.91 Å². The molecule has 13 heteroatoms. The highest BCUT2D eigenvalue weighted by Gasteiger charge is 2.24. The van der Waals surface area contributed by atoms with Gasteiger partial charge in [-0.05, 0) is 43.7 Å². The number of ether oxygens (including phenoxy) is 2. The molecule has 1 amide bonds. The molecule has 1 N–H and O–H groups in total. The number of anilines is 1. The van der Waals surface area contributed by atoms with Gasteiger partial charge in [-0.15, -0.1) is 21.5 Å². The Morgan fingerprint density at radius 1 is 1.10 bits per heavy atom. The van der Waals surface area contributed by atoms with Crippen LogP contribution in [0.5, 0.6) is 5.75 Å². The van der Waals surface area contributed by atoms with Crippen LogP contribution in [0.1, 0.15) is 36.1 Å². The summed E-state index contributed by atoms with van der Waals surface area (Å²) in [4.78, 5) is 25.3. The van der Waals surface area contributed by atoms with E-state index in [0.717, 1.165) is 35.2 Å². The Bertz CT molecular complexity index is 1490. The zero-order chi connectivity index (χ0) is 28.1. The Morgan fingerprint density at radius 2 is 1.82 bits per heavy atom. The first-order chi connectivity index (χ1) is 18.7. The van der Waals surface area contributed by atoms with E-state index in [2.05, 4.69) is 15.5 Å². The molecule has 2 aromatic carbocycles. The fraction of sp³-hybridized carbons (Fsp3) is 0.231. The van der Waals surface area contributed by atoms with Crippen molar-refractivity contribution in [1.82, 2.24) is 14.8 Å². The van der Waals surface area contributed by atoms with E-state index in [9.17, 15) is 22.8 Å². The van der Waals surface area contributed by atoms with Gasteiger partial charge in [-0.25, -0.2) is 18.0 Å². The molecule has 8 nitrogen and oxygen atoms in total. The second-order valence-electron chi connectivity index (χ2n) is 8.11. The number of nitrogens with one attached hydrogen (secondary N) is 1. The first-order valence-corrected chi connectivity index (χ1v) is 13.5. The molecule has 0 bridgehead atoms. The van der Waals surface area contributed by atoms with Gasteiger partial charge in [0, 0.05) is 23.6 Å². The van der Waals surface area contributed by atoms with E-state index >= 15 is 0 Å². The Hall–Kier alpha value is -3.84. The molecule has 1 atom stereocenters. The molecular weight excluding hydrogens is 553 g/mol. The molecule has 0 aliphatic rings. The van der Waals surface area contributed by atoms with Gasteiger partial charge in [0.25, 0.3) is 0 Å². The van der Waals surface area contributed by atoms with Crippen LogP contribution in [0.25, 0.3) is 11.1 Å². The number of methoxy groups -OCH3 is 1. The molecule has 0 saturated carbocycles. The maximum atomic E-state index is 14.0. The van der Waals surface area contributed by atoms with Crippen LogP contribution in [0.3, 0.4) is 0 Å². The Balaban J connectivity index is 1.46. The fourth-order valence-electron chi connectivity index (χ4n) is 3.71. The number of amides is 1. The summed E-state index contributed by atoms with van der Waals surface area (Å²) in [7, 11) is 1.24. The lowest BCUT2D eigenvalue weighted by molar-refractivity contribution is -0.113. The lowest BCUT2D eigenvalue weighted by Crippen LogP contribution is -2.17. The zero-order valence-electron chi connectivity index (χ0n) is 21.0. The zero-order valence-corrected chi connectivity index (χ0v) is 22.7. The summed E-state index contributed by atoms with van der Waals surface area (Å²) in [5, 5.41) is 13.4. The van der Waals surface area contributed by atoms with Crippen molar-refractivity contribution in [3.8, 4) is 16.9 Å². The molecule has 4 rings (SSSR count). The van der Waals surface area contributed by atoms with Crippen molar-refractivity contribution >= 4 is 40.0 Å². The quantitative estimate of drug-likeness (QED) is 0.180. The highest BCUT2D eigenvalue weighted by Crippen LogP contribution is 2.36. The highest BCUT2D eigenvalue weighted by molar-refractivity contribution is 7.99. The number of hydrogen-bond donors (Lipinski definition) is 1. The van der Waals surface area contributed by atoms with Crippen LogP contribution in [-0.2, 0) is 16.1 Å². The van der Waals surface area contributed by atoms with Crippen LogP contribution in [0.2, 0.25) is 0 Å². The number of hydrogen-bond acceptors (Lipinski definition) is 8. The van der Waals surface area contributed by atoms with Gasteiger partial charge >= 0.3 is 5.97 Å². The summed E-state index contributed by atoms with van der Waals surface area (Å²) in [6, 6.07) is 8.66. The third-order valence-corrected chi connectivity index (χ3v) is 7.41. The van der Waals surface area contributed by atoms with Crippen molar-refractivity contribution in [2.45, 2.75) is 31.7 Å². The Morgan fingerprint density at radius 3 is 2.49 bits per heavy atom. The molecule has 0 aliphatic carbocycles. The predicted octanol–water partition coefficient (Wildman–Crippen LogP) is 6.10. The second-order valence-corrected chi connectivity index (χ2v) is 9.93. The van der Waals surface area contributed by atoms with Crippen LogP contribution in [-0.4, -0.2) is 39.5 Å². The molecule has 0 spiro atoms. The van der Waals surface area contributed by atoms with Crippen molar-refractivity contribution in [1.29, 1.82) is 0 Å². The number of carbonyl (C=O) groups is 2. The molecule has 0 aliphatic heterocycles. The molecule has 4 aromatic rings. The summed E-state index contributed by atoms with van der Waals surface area (Å²) in [6.07, 6.45) is -0.709. The summed E-state index contributed by atoms with van der Waals surface area (Å²) in [5.74, 6) is -2.77. The monoisotopic (exact) mass is 576 g/mol. The molecule has 0 radical (unpaired) electrons. The van der Waals surface area contributed by atoms with E-state index in [1.54, 1.807) is 16.9 Å². The number of benzene rings is 2. The largest absolute Gasteiger partial charge is 0.480 e. The summed E-state index contributed by atoms with van der Waals surface area (Å²) < 4.78 is 52.8. The Labute approximate surface area is 230 Å². The minimum absolute atomic E-state index is 0.0512. The van der Waals surface area contributed by atoms with Crippen molar-refractivity contribution in [2.24, 2.45) is 0 Å². The van der Waals surface area contributed by atoms with Crippen LogP contribution < -0.4 is 10.1 Å². The number of halogens is 3. The molecule has 2 aromatic heterocycles. The molecular formula is C26H23F3N4O4S2. The number of thioether (sulfide) groups is 1. The molecule has 204 valence electrons. The van der Waals surface area contributed by atoms with Gasteiger partial charge in [-0.3, -0.25) is 4.79 Å². The average Bonchev–Trinajstić information content (AvgIpc) is 3.53. The standard InChI is InChI=1S/C26H23F3N4O4S2/c1-4-33-23(14(2)37-20-10-9-17(28)11-19(20)29)31-32-26(33)39-13-21(34)30-24-22(25(35)36-3)18(12-38-24)15-5-7-16(27)8-6-15/h5-12,14H,4,13H2,1-3H3,(H,30,34). The summed E-state index contributed by atoms with van der Waals surface area (Å²) in [5.41, 5.74) is 1.28. The third kappa shape index (κ3) is 6.42. The first kappa shape index (κ1) is 28.2. The van der Waals surface area contributed by atoms with Crippen LogP contribution in [0.15, 0.2) is 53.0 Å². The van der Waals surface area contributed by atoms with E-state index < -0.39 is 35.4 Å². The smallest absolute Gasteiger partial charge is 0.341 e. The van der Waals surface area contributed by atoms with Crippen molar-refractivity contribution in [2.75, 3.05) is 18.2 Å². The van der Waals surface area contributed by atoms with Gasteiger partial charge in [0.15, 0.2) is 28.7 Å². The Kier molecular flexibility index (Phi) is 8.92. The number of carbonyl (C=O) groups excluding carboxylic acids is 2. The third-order valence-electron chi connectivity index (χ3n) is 5.54. The lowest BCUT2D eigenvalue weighted by atomic mass is 10.0. The normalized spacial score (nSPS) is 11.7. The minimum atomic E-state index is -0.835. The van der Waals surface area contributed by atoms with E-state index in [0.29, 0.717) is 33.7 Å². The van der Waals surface area contributed by atoms with Crippen LogP contribution in [0.4, 0.5) is 18.2 Å². The predicted molar refractivity (Wildman–Crippen MR) is 142 cm³/mol. The van der Waals surface area contributed by atoms with Crippen molar-refractivity contribution < 1.29 is 32.2 Å². The molecule has 0 fully saturated rings. The minimum Gasteiger partial charge on any atom is -0.480 e. The van der Waals surface area contributed by atoms with E-state index in [1.807, 2.05) is 6.92 Å². The highest BCUT2D eigenvalue weighted by atomic mass is 32.2. The molecule has 39 heavy (non-hydrogen) atoms. The topological polar surface area (TPSA) is 95.3 Å². The van der Waals surface area contributed by atoms with E-state index in [4.69, 9.17) is 9.47 Å². The van der Waals surface area contributed by atoms with Crippen LogP contribution in [0, 0.1) is 17.5 Å². The van der Waals surface area contributed by atoms with Gasteiger partial charge in [0.1, 0.15) is 22.2 Å². The lowest BCUT2D eigenvalue weighted by Gasteiger charge is -2.16. The average molecular weight is 577 g/mol. The van der Waals surface area contributed by atoms with Crippen molar-refractivity contribution in [3.63, 3.8) is 0 Å². The van der Waals surface area contributed by atoms with Crippen LogP contribution >= 0.6 is 23.1 Å². The number of aromatic nitrogens is 3. The van der Waals surface area contributed by atoms with E-state index in [1.165, 1.54) is 37.4 Å². The number of rotatable bonds is 10. The molecule has 0 saturated heterocycles. The number of nitrogens with zero attached hydrogens (tertiary/aromatic N) is 3. The molecule has 1 unspecified atom stereocenters. The summed E-state index contributed by atoms with van der Waals surface area (Å²) in [6.45, 7) is 3.96. The van der Waals surface area contributed by atoms with Gasteiger partial charge in [-0.1, -0.05) is 23.9 Å². The first-order valence-electron chi connectivity index (χ1n) is 11.6. The second kappa shape index (κ2) is 12.3. The summed E-state index contributed by atoms with van der Waals surface area (Å²) >= 11 is 2.27. The number of thiophene rings is 1. The SMILES string of the molecule is CCn1c(SCC(=O)Nc2scc(-c3ccc(F)cc3)c2C(=O)OC)nnc1C(C)Oc1ccc(F)cc1F.